The number of amides is 2. The second-order valence-electron chi connectivity index (χ2n) is 6.15. The summed E-state index contributed by atoms with van der Waals surface area (Å²) in [5.41, 5.74) is 2.16. The van der Waals surface area contributed by atoms with E-state index in [0.717, 1.165) is 12.4 Å². The van der Waals surface area contributed by atoms with Gasteiger partial charge in [-0.1, -0.05) is 42.5 Å². The molecule has 0 bridgehead atoms. The van der Waals surface area contributed by atoms with Gasteiger partial charge < -0.3 is 17.0 Å². The van der Waals surface area contributed by atoms with Crippen LogP contribution in [-0.2, 0) is 13.2 Å². The van der Waals surface area contributed by atoms with E-state index in [0.29, 0.717) is 11.1 Å². The van der Waals surface area contributed by atoms with Crippen molar-refractivity contribution in [2.45, 2.75) is 20.1 Å². The summed E-state index contributed by atoms with van der Waals surface area (Å²) >= 11 is 0. The third-order valence-electron chi connectivity index (χ3n) is 4.63. The van der Waals surface area contributed by atoms with Crippen LogP contribution in [0.4, 0.5) is 0 Å². The Hall–Kier alpha value is -2.73. The van der Waals surface area contributed by atoms with Crippen molar-refractivity contribution in [3.8, 4) is 0 Å². The number of aromatic nitrogens is 2. The largest absolute Gasteiger partial charge is 1.00 e. The normalized spacial score (nSPS) is 12.9. The molecule has 26 heavy (non-hydrogen) atoms. The number of rotatable bonds is 4. The summed E-state index contributed by atoms with van der Waals surface area (Å²) in [5, 5.41) is 0. The van der Waals surface area contributed by atoms with Gasteiger partial charge in [-0.05, 0) is 17.7 Å². The molecule has 0 atom stereocenters. The van der Waals surface area contributed by atoms with Crippen molar-refractivity contribution < 1.29 is 31.1 Å². The van der Waals surface area contributed by atoms with E-state index in [2.05, 4.69) is 16.7 Å². The summed E-state index contributed by atoms with van der Waals surface area (Å²) in [6.45, 7) is 2.96. The molecule has 6 heteroatoms. The molecule has 0 saturated heterocycles. The lowest BCUT2D eigenvalue weighted by molar-refractivity contribution is -0.714. The average Bonchev–Trinajstić information content (AvgIpc) is 3.10. The van der Waals surface area contributed by atoms with Gasteiger partial charge in [-0.15, -0.1) is 0 Å². The van der Waals surface area contributed by atoms with Gasteiger partial charge in [0.15, 0.2) is 6.67 Å². The molecule has 2 amide bonds. The molecule has 0 saturated carbocycles. The lowest BCUT2D eigenvalue weighted by Gasteiger charge is -2.11. The summed E-state index contributed by atoms with van der Waals surface area (Å²) in [4.78, 5) is 26.3. The van der Waals surface area contributed by atoms with Gasteiger partial charge in [0.2, 0.25) is 0 Å². The molecule has 1 aliphatic heterocycles. The van der Waals surface area contributed by atoms with Gasteiger partial charge in [0.05, 0.1) is 11.1 Å². The summed E-state index contributed by atoms with van der Waals surface area (Å²) < 4.78 is 4.03. The van der Waals surface area contributed by atoms with Crippen LogP contribution in [0.3, 0.4) is 0 Å². The summed E-state index contributed by atoms with van der Waals surface area (Å²) in [6.07, 6.45) is 3.88. The Morgan fingerprint density at radius 1 is 0.885 bits per heavy atom. The number of fused-ring (bicyclic) bond motifs is 1. The van der Waals surface area contributed by atoms with Gasteiger partial charge in [0.25, 0.3) is 17.6 Å². The first-order valence-corrected chi connectivity index (χ1v) is 8.19. The number of hydrogen-bond donors (Lipinski definition) is 0. The van der Waals surface area contributed by atoms with E-state index in [1.54, 1.807) is 24.3 Å². The molecule has 0 unspecified atom stereocenters. The summed E-state index contributed by atoms with van der Waals surface area (Å²) in [7, 11) is 0. The van der Waals surface area contributed by atoms with Crippen LogP contribution in [0, 0.1) is 6.92 Å². The van der Waals surface area contributed by atoms with Crippen LogP contribution >= 0.6 is 0 Å². The minimum atomic E-state index is -0.233. The number of carbonyl (C=O) groups excluding carboxylic acids is 2. The highest BCUT2D eigenvalue weighted by Gasteiger charge is 2.36. The van der Waals surface area contributed by atoms with Gasteiger partial charge in [-0.25, -0.2) is 14.0 Å². The van der Waals surface area contributed by atoms with Crippen LogP contribution < -0.4 is 21.5 Å². The molecule has 0 fully saturated rings. The molecular formula is C20H18BrN3O2. The zero-order chi connectivity index (χ0) is 17.4. The number of imide groups is 1. The Labute approximate surface area is 162 Å². The van der Waals surface area contributed by atoms with Crippen LogP contribution in [0.15, 0.2) is 67.0 Å². The van der Waals surface area contributed by atoms with E-state index in [1.165, 1.54) is 10.5 Å². The number of halogens is 1. The summed E-state index contributed by atoms with van der Waals surface area (Å²) in [6, 6.07) is 17.1. The first kappa shape index (κ1) is 18.1. The van der Waals surface area contributed by atoms with Crippen LogP contribution in [-0.4, -0.2) is 21.3 Å². The van der Waals surface area contributed by atoms with E-state index in [1.807, 2.05) is 42.1 Å². The predicted molar refractivity (Wildman–Crippen MR) is 91.9 cm³/mol. The Morgan fingerprint density at radius 2 is 1.46 bits per heavy atom. The molecular weight excluding hydrogens is 394 g/mol. The van der Waals surface area contributed by atoms with Gasteiger partial charge in [-0.2, -0.15) is 0 Å². The smallest absolute Gasteiger partial charge is 0.264 e. The first-order chi connectivity index (χ1) is 12.1. The quantitative estimate of drug-likeness (QED) is 0.424. The fraction of sp³-hybridized carbons (Fsp3) is 0.150. The highest BCUT2D eigenvalue weighted by atomic mass is 79.9. The molecule has 0 radical (unpaired) electrons. The monoisotopic (exact) mass is 411 g/mol. The minimum Gasteiger partial charge on any atom is -1.00 e. The van der Waals surface area contributed by atoms with Crippen LogP contribution in [0.1, 0.15) is 32.1 Å². The number of benzene rings is 2. The maximum absolute atomic E-state index is 12.5. The van der Waals surface area contributed by atoms with Gasteiger partial charge in [0.1, 0.15) is 18.9 Å². The van der Waals surface area contributed by atoms with Crippen molar-refractivity contribution in [2.24, 2.45) is 0 Å². The Kier molecular flexibility index (Phi) is 5.04. The molecule has 2 aromatic carbocycles. The number of hydrogen-bond acceptors (Lipinski definition) is 2. The lowest BCUT2D eigenvalue weighted by Crippen LogP contribution is -3.00. The SMILES string of the molecule is Cc1n(Cc2ccccc2)cc[n+]1CN1C(=O)c2ccccc2C1=O.[Br-]. The van der Waals surface area contributed by atoms with E-state index in [4.69, 9.17) is 0 Å². The predicted octanol–water partition coefficient (Wildman–Crippen LogP) is -0.610. The molecule has 0 spiro atoms. The second kappa shape index (κ2) is 7.25. The minimum absolute atomic E-state index is 0. The van der Waals surface area contributed by atoms with E-state index >= 15 is 0 Å². The Morgan fingerprint density at radius 3 is 2.08 bits per heavy atom. The second-order valence-corrected chi connectivity index (χ2v) is 6.15. The standard InChI is InChI=1S/C20H18N3O2.BrH/c1-15-21(13-16-7-3-2-4-8-16)11-12-22(15)14-23-19(24)17-9-5-6-10-18(17)20(23)25;/h2-12H,13-14H2,1H3;1H/q+1;/p-1. The van der Waals surface area contributed by atoms with Gasteiger partial charge >= 0.3 is 0 Å². The third-order valence-corrected chi connectivity index (χ3v) is 4.63. The molecule has 1 aliphatic rings. The van der Waals surface area contributed by atoms with Crippen molar-refractivity contribution in [1.29, 1.82) is 0 Å². The van der Waals surface area contributed by atoms with Gasteiger partial charge in [-0.3, -0.25) is 9.59 Å². The number of imidazole rings is 1. The highest BCUT2D eigenvalue weighted by molar-refractivity contribution is 6.21. The van der Waals surface area contributed by atoms with E-state index in [-0.39, 0.29) is 35.5 Å². The molecule has 132 valence electrons. The first-order valence-electron chi connectivity index (χ1n) is 8.19. The third kappa shape index (κ3) is 3.08. The zero-order valence-corrected chi connectivity index (χ0v) is 15.9. The highest BCUT2D eigenvalue weighted by Crippen LogP contribution is 2.22. The van der Waals surface area contributed by atoms with E-state index in [9.17, 15) is 9.59 Å². The Balaban J connectivity index is 0.00000196. The Bertz CT molecular complexity index is 931. The van der Waals surface area contributed by atoms with Crippen LogP contribution in [0.25, 0.3) is 0 Å². The lowest BCUT2D eigenvalue weighted by atomic mass is 10.1. The fourth-order valence-electron chi connectivity index (χ4n) is 3.16. The van der Waals surface area contributed by atoms with Crippen molar-refractivity contribution in [3.63, 3.8) is 0 Å². The number of nitrogens with zero attached hydrogens (tertiary/aromatic N) is 3. The van der Waals surface area contributed by atoms with Crippen LogP contribution in [0.2, 0.25) is 0 Å². The number of carbonyl (C=O) groups is 2. The van der Waals surface area contributed by atoms with Crippen molar-refractivity contribution >= 4 is 11.8 Å². The average molecular weight is 412 g/mol. The van der Waals surface area contributed by atoms with Crippen molar-refractivity contribution in [1.82, 2.24) is 9.47 Å². The zero-order valence-electron chi connectivity index (χ0n) is 14.3. The van der Waals surface area contributed by atoms with Crippen molar-refractivity contribution in [3.05, 3.63) is 89.5 Å². The maximum Gasteiger partial charge on any atom is 0.264 e. The molecule has 5 nitrogen and oxygen atoms in total. The maximum atomic E-state index is 12.5. The summed E-state index contributed by atoms with van der Waals surface area (Å²) in [5.74, 6) is 0.520. The molecule has 3 aromatic rings. The van der Waals surface area contributed by atoms with Crippen LogP contribution in [0.5, 0.6) is 0 Å². The fourth-order valence-corrected chi connectivity index (χ4v) is 3.16. The molecule has 1 aromatic heterocycles. The van der Waals surface area contributed by atoms with E-state index < -0.39 is 0 Å². The van der Waals surface area contributed by atoms with Gasteiger partial charge in [0, 0.05) is 6.92 Å². The molecule has 2 heterocycles. The molecule has 0 aliphatic carbocycles. The molecule has 0 N–H and O–H groups in total. The topological polar surface area (TPSA) is 46.2 Å². The molecule has 4 rings (SSSR count). The van der Waals surface area contributed by atoms with Crippen molar-refractivity contribution in [2.75, 3.05) is 0 Å².